The third kappa shape index (κ3) is 4.97. The van der Waals surface area contributed by atoms with Crippen LogP contribution in [-0.4, -0.2) is 30.7 Å². The van der Waals surface area contributed by atoms with Gasteiger partial charge in [-0.05, 0) is 55.2 Å². The van der Waals surface area contributed by atoms with E-state index in [0.717, 1.165) is 25.3 Å². The molecular weight excluding hydrogens is 314 g/mol. The number of rotatable bonds is 6. The van der Waals surface area contributed by atoms with E-state index in [-0.39, 0.29) is 0 Å². The van der Waals surface area contributed by atoms with E-state index in [1.165, 1.54) is 30.5 Å². The van der Waals surface area contributed by atoms with E-state index in [2.05, 4.69) is 39.8 Å². The van der Waals surface area contributed by atoms with E-state index in [4.69, 9.17) is 5.11 Å². The minimum atomic E-state index is -0.513. The molecule has 1 fully saturated rings. The molecule has 0 radical (unpaired) electrons. The van der Waals surface area contributed by atoms with Crippen molar-refractivity contribution in [3.63, 3.8) is 0 Å². The van der Waals surface area contributed by atoms with E-state index < -0.39 is 12.5 Å². The van der Waals surface area contributed by atoms with Crippen LogP contribution < -0.4 is 15.5 Å². The van der Waals surface area contributed by atoms with Gasteiger partial charge in [0.25, 0.3) is 0 Å². The monoisotopic (exact) mass is 339 g/mol. The molecule has 1 saturated heterocycles. The number of nitrogens with zero attached hydrogens (tertiary/aromatic N) is 1. The van der Waals surface area contributed by atoms with Gasteiger partial charge in [-0.1, -0.05) is 18.2 Å². The summed E-state index contributed by atoms with van der Waals surface area (Å²) in [7, 11) is 0. The molecule has 1 amide bonds. The highest BCUT2D eigenvalue weighted by Crippen LogP contribution is 2.21. The highest BCUT2D eigenvalue weighted by molar-refractivity contribution is 5.91. The van der Waals surface area contributed by atoms with Crippen molar-refractivity contribution in [2.45, 2.75) is 25.8 Å². The molecular formula is C20H25N3O2. The van der Waals surface area contributed by atoms with Gasteiger partial charge < -0.3 is 20.6 Å². The number of carbonyl (C=O) groups excluding carboxylic acids is 1. The maximum atomic E-state index is 11.2. The predicted molar refractivity (Wildman–Crippen MR) is 102 cm³/mol. The number of nitrogens with one attached hydrogen (secondary N) is 2. The first kappa shape index (κ1) is 17.3. The number of piperidine rings is 1. The van der Waals surface area contributed by atoms with Crippen molar-refractivity contribution in [3.8, 4) is 0 Å². The van der Waals surface area contributed by atoms with Gasteiger partial charge in [-0.15, -0.1) is 0 Å². The van der Waals surface area contributed by atoms with Gasteiger partial charge in [0, 0.05) is 36.7 Å². The third-order valence-corrected chi connectivity index (χ3v) is 4.44. The first-order valence-electron chi connectivity index (χ1n) is 8.83. The molecule has 0 unspecified atom stereocenters. The average Bonchev–Trinajstić information content (AvgIpc) is 2.68. The Morgan fingerprint density at radius 3 is 2.44 bits per heavy atom. The van der Waals surface area contributed by atoms with E-state index in [1.807, 2.05) is 18.2 Å². The lowest BCUT2D eigenvalue weighted by atomic mass is 10.1. The standard InChI is InChI=1S/C20H25N3O2/c24-15-20(25)22-18-6-4-5-17(13-18)21-14-16-7-9-19(10-8-16)23-11-2-1-3-12-23/h4-10,13,21,24H,1-3,11-12,14-15H2,(H,22,25). The Labute approximate surface area is 148 Å². The molecule has 0 aliphatic carbocycles. The van der Waals surface area contributed by atoms with Crippen LogP contribution in [0.1, 0.15) is 24.8 Å². The van der Waals surface area contributed by atoms with Gasteiger partial charge >= 0.3 is 0 Å². The number of benzene rings is 2. The molecule has 0 aromatic heterocycles. The molecule has 0 atom stereocenters. The second-order valence-electron chi connectivity index (χ2n) is 6.35. The van der Waals surface area contributed by atoms with Gasteiger partial charge in [0.2, 0.25) is 5.91 Å². The number of anilines is 3. The van der Waals surface area contributed by atoms with Gasteiger partial charge in [0.1, 0.15) is 6.61 Å². The fraction of sp³-hybridized carbons (Fsp3) is 0.350. The van der Waals surface area contributed by atoms with E-state index in [0.29, 0.717) is 5.69 Å². The number of aliphatic hydroxyl groups excluding tert-OH is 1. The number of hydrogen-bond acceptors (Lipinski definition) is 4. The van der Waals surface area contributed by atoms with Gasteiger partial charge in [-0.2, -0.15) is 0 Å². The molecule has 1 aliphatic heterocycles. The van der Waals surface area contributed by atoms with Crippen molar-refractivity contribution < 1.29 is 9.90 Å². The molecule has 0 saturated carbocycles. The molecule has 2 aromatic carbocycles. The van der Waals surface area contributed by atoms with Crippen LogP contribution in [0.2, 0.25) is 0 Å². The van der Waals surface area contributed by atoms with Crippen molar-refractivity contribution in [2.75, 3.05) is 35.2 Å². The average molecular weight is 339 g/mol. The van der Waals surface area contributed by atoms with Gasteiger partial charge in [0.05, 0.1) is 0 Å². The van der Waals surface area contributed by atoms with Crippen LogP contribution in [0.4, 0.5) is 17.1 Å². The number of amides is 1. The summed E-state index contributed by atoms with van der Waals surface area (Å²) in [5.41, 5.74) is 4.11. The summed E-state index contributed by atoms with van der Waals surface area (Å²) in [5.74, 6) is -0.412. The first-order valence-corrected chi connectivity index (χ1v) is 8.83. The van der Waals surface area contributed by atoms with E-state index in [1.54, 1.807) is 6.07 Å². The maximum Gasteiger partial charge on any atom is 0.250 e. The molecule has 1 heterocycles. The first-order chi connectivity index (χ1) is 12.2. The Bertz CT molecular complexity index is 694. The predicted octanol–water partition coefficient (Wildman–Crippen LogP) is 3.22. The molecule has 132 valence electrons. The summed E-state index contributed by atoms with van der Waals surface area (Å²) in [6, 6.07) is 16.2. The highest BCUT2D eigenvalue weighted by atomic mass is 16.3. The summed E-state index contributed by atoms with van der Waals surface area (Å²) < 4.78 is 0. The smallest absolute Gasteiger partial charge is 0.250 e. The van der Waals surface area contributed by atoms with Crippen LogP contribution in [-0.2, 0) is 11.3 Å². The van der Waals surface area contributed by atoms with Crippen LogP contribution in [0.5, 0.6) is 0 Å². The summed E-state index contributed by atoms with van der Waals surface area (Å²) in [4.78, 5) is 13.7. The Morgan fingerprint density at radius 2 is 1.72 bits per heavy atom. The third-order valence-electron chi connectivity index (χ3n) is 4.44. The zero-order valence-electron chi connectivity index (χ0n) is 14.4. The van der Waals surface area contributed by atoms with Crippen molar-refractivity contribution in [1.29, 1.82) is 0 Å². The largest absolute Gasteiger partial charge is 0.387 e. The molecule has 25 heavy (non-hydrogen) atoms. The Morgan fingerprint density at radius 1 is 1.00 bits per heavy atom. The number of carbonyl (C=O) groups is 1. The van der Waals surface area contributed by atoms with Gasteiger partial charge in [0.15, 0.2) is 0 Å². The molecule has 5 nitrogen and oxygen atoms in total. The SMILES string of the molecule is O=C(CO)Nc1cccc(NCc2ccc(N3CCCCC3)cc2)c1. The van der Waals surface area contributed by atoms with Crippen LogP contribution in [0, 0.1) is 0 Å². The summed E-state index contributed by atoms with van der Waals surface area (Å²) in [5, 5.41) is 14.8. The zero-order valence-corrected chi connectivity index (χ0v) is 14.4. The number of hydrogen-bond donors (Lipinski definition) is 3. The maximum absolute atomic E-state index is 11.2. The van der Waals surface area contributed by atoms with Crippen LogP contribution >= 0.6 is 0 Å². The Kier molecular flexibility index (Phi) is 5.90. The highest BCUT2D eigenvalue weighted by Gasteiger charge is 2.10. The number of aliphatic hydroxyl groups is 1. The second kappa shape index (κ2) is 8.53. The van der Waals surface area contributed by atoms with Crippen LogP contribution in [0.3, 0.4) is 0 Å². The second-order valence-corrected chi connectivity index (χ2v) is 6.35. The molecule has 0 spiro atoms. The topological polar surface area (TPSA) is 64.6 Å². The van der Waals surface area contributed by atoms with Gasteiger partial charge in [-0.25, -0.2) is 0 Å². The lowest BCUT2D eigenvalue weighted by Crippen LogP contribution is -2.29. The molecule has 5 heteroatoms. The van der Waals surface area contributed by atoms with E-state index >= 15 is 0 Å². The fourth-order valence-corrected chi connectivity index (χ4v) is 3.09. The molecule has 0 bridgehead atoms. The molecule has 3 rings (SSSR count). The van der Waals surface area contributed by atoms with Crippen LogP contribution in [0.15, 0.2) is 48.5 Å². The normalized spacial score (nSPS) is 14.2. The summed E-state index contributed by atoms with van der Waals surface area (Å²) in [6.07, 6.45) is 3.91. The lowest BCUT2D eigenvalue weighted by Gasteiger charge is -2.28. The quantitative estimate of drug-likeness (QED) is 0.756. The molecule has 3 N–H and O–H groups in total. The van der Waals surface area contributed by atoms with Crippen molar-refractivity contribution in [1.82, 2.24) is 0 Å². The lowest BCUT2D eigenvalue weighted by molar-refractivity contribution is -0.118. The van der Waals surface area contributed by atoms with Crippen molar-refractivity contribution >= 4 is 23.0 Å². The molecule has 1 aliphatic rings. The van der Waals surface area contributed by atoms with Crippen molar-refractivity contribution in [3.05, 3.63) is 54.1 Å². The fourth-order valence-electron chi connectivity index (χ4n) is 3.09. The minimum Gasteiger partial charge on any atom is -0.387 e. The Balaban J connectivity index is 1.56. The van der Waals surface area contributed by atoms with E-state index in [9.17, 15) is 4.79 Å². The van der Waals surface area contributed by atoms with Crippen LogP contribution in [0.25, 0.3) is 0 Å². The molecule has 2 aromatic rings. The summed E-state index contributed by atoms with van der Waals surface area (Å²) in [6.45, 7) is 2.52. The summed E-state index contributed by atoms with van der Waals surface area (Å²) >= 11 is 0. The Hall–Kier alpha value is -2.53. The zero-order chi connectivity index (χ0) is 17.5. The minimum absolute atomic E-state index is 0.412. The van der Waals surface area contributed by atoms with Gasteiger partial charge in [-0.3, -0.25) is 4.79 Å². The van der Waals surface area contributed by atoms with Crippen molar-refractivity contribution in [2.24, 2.45) is 0 Å².